The van der Waals surface area contributed by atoms with Crippen molar-refractivity contribution in [3.8, 4) is 0 Å². The zero-order valence-electron chi connectivity index (χ0n) is 12.1. The Kier molecular flexibility index (Phi) is 6.82. The highest BCUT2D eigenvalue weighted by Crippen LogP contribution is 2.10. The van der Waals surface area contributed by atoms with Gasteiger partial charge in [0.25, 0.3) is 0 Å². The van der Waals surface area contributed by atoms with Crippen LogP contribution in [-0.2, 0) is 12.8 Å². The summed E-state index contributed by atoms with van der Waals surface area (Å²) in [6.07, 6.45) is 5.20. The minimum absolute atomic E-state index is 0.513. The summed E-state index contributed by atoms with van der Waals surface area (Å²) in [5, 5.41) is 1.04. The molecule has 0 saturated heterocycles. The fourth-order valence-corrected chi connectivity index (χ4v) is 1.81. The number of aromatic nitrogens is 4. The van der Waals surface area contributed by atoms with Crippen LogP contribution in [0.25, 0.3) is 0 Å². The lowest BCUT2D eigenvalue weighted by atomic mass is 10.3. The Balaban J connectivity index is 0.000000200. The number of halogens is 2. The first kappa shape index (κ1) is 16.8. The molecule has 20 heavy (non-hydrogen) atoms. The first-order chi connectivity index (χ1) is 9.47. The predicted molar refractivity (Wildman–Crippen MR) is 82.3 cm³/mol. The van der Waals surface area contributed by atoms with Gasteiger partial charge in [0.2, 0.25) is 0 Å². The Bertz CT molecular complexity index is 573. The van der Waals surface area contributed by atoms with Crippen LogP contribution in [0, 0.1) is 13.8 Å². The normalized spacial score (nSPS) is 9.90. The maximum atomic E-state index is 5.76. The van der Waals surface area contributed by atoms with Gasteiger partial charge in [-0.15, -0.1) is 0 Å². The second-order valence-corrected chi connectivity index (χ2v) is 4.91. The number of aryl methyl sites for hydroxylation is 4. The summed E-state index contributed by atoms with van der Waals surface area (Å²) in [5.74, 6) is 0. The molecule has 0 aromatic carbocycles. The van der Waals surface area contributed by atoms with Crippen LogP contribution in [0.4, 0.5) is 0 Å². The van der Waals surface area contributed by atoms with Gasteiger partial charge in [-0.1, -0.05) is 37.0 Å². The van der Waals surface area contributed by atoms with Crippen LogP contribution >= 0.6 is 23.2 Å². The van der Waals surface area contributed by atoms with E-state index in [0.717, 1.165) is 35.6 Å². The largest absolute Gasteiger partial charge is 0.256 e. The lowest BCUT2D eigenvalue weighted by Crippen LogP contribution is -1.92. The molecule has 108 valence electrons. The monoisotopic (exact) mass is 312 g/mol. The molecule has 0 N–H and O–H groups in total. The van der Waals surface area contributed by atoms with Crippen molar-refractivity contribution in [1.29, 1.82) is 0 Å². The molecule has 0 radical (unpaired) electrons. The van der Waals surface area contributed by atoms with E-state index in [4.69, 9.17) is 23.2 Å². The third kappa shape index (κ3) is 5.02. The Morgan fingerprint density at radius 2 is 1.60 bits per heavy atom. The van der Waals surface area contributed by atoms with Crippen LogP contribution in [0.1, 0.15) is 36.6 Å². The van der Waals surface area contributed by atoms with E-state index in [9.17, 15) is 0 Å². The Morgan fingerprint density at radius 1 is 0.900 bits per heavy atom. The Hall–Kier alpha value is -1.26. The molecule has 2 heterocycles. The molecule has 6 heteroatoms. The number of hydrogen-bond donors (Lipinski definition) is 0. The number of nitrogens with zero attached hydrogens (tertiary/aromatic N) is 4. The summed E-state index contributed by atoms with van der Waals surface area (Å²) in [7, 11) is 0. The molecule has 0 spiro atoms. The van der Waals surface area contributed by atoms with E-state index in [1.807, 2.05) is 27.7 Å². The second kappa shape index (κ2) is 8.12. The molecule has 2 rings (SSSR count). The predicted octanol–water partition coefficient (Wildman–Crippen LogP) is 4.00. The van der Waals surface area contributed by atoms with Gasteiger partial charge in [-0.25, -0.2) is 9.97 Å². The summed E-state index contributed by atoms with van der Waals surface area (Å²) >= 11 is 11.5. The van der Waals surface area contributed by atoms with Gasteiger partial charge in [-0.2, -0.15) is 0 Å². The van der Waals surface area contributed by atoms with Crippen molar-refractivity contribution >= 4 is 23.2 Å². The summed E-state index contributed by atoms with van der Waals surface area (Å²) in [5.41, 5.74) is 3.46. The fourth-order valence-electron chi connectivity index (χ4n) is 1.34. The van der Waals surface area contributed by atoms with Crippen LogP contribution in [0.15, 0.2) is 12.4 Å². The van der Waals surface area contributed by atoms with E-state index in [2.05, 4.69) is 19.9 Å². The Labute approximate surface area is 129 Å². The smallest absolute Gasteiger partial charge is 0.150 e. The minimum Gasteiger partial charge on any atom is -0.256 e. The number of rotatable bonds is 2. The van der Waals surface area contributed by atoms with Crippen molar-refractivity contribution in [1.82, 2.24) is 19.9 Å². The van der Waals surface area contributed by atoms with Crippen LogP contribution in [0.5, 0.6) is 0 Å². The third-order valence-corrected chi connectivity index (χ3v) is 3.23. The molecule has 0 bridgehead atoms. The molecule has 0 aliphatic heterocycles. The molecule has 0 unspecified atom stereocenters. The van der Waals surface area contributed by atoms with E-state index in [1.165, 1.54) is 0 Å². The zero-order chi connectivity index (χ0) is 15.1. The topological polar surface area (TPSA) is 51.6 Å². The lowest BCUT2D eigenvalue weighted by Gasteiger charge is -1.97. The highest BCUT2D eigenvalue weighted by molar-refractivity contribution is 6.30. The van der Waals surface area contributed by atoms with E-state index in [1.54, 1.807) is 12.4 Å². The van der Waals surface area contributed by atoms with Crippen molar-refractivity contribution < 1.29 is 0 Å². The molecular formula is C14H18Cl2N4. The highest BCUT2D eigenvalue weighted by atomic mass is 35.5. The van der Waals surface area contributed by atoms with Crippen molar-refractivity contribution in [2.45, 2.75) is 40.5 Å². The van der Waals surface area contributed by atoms with Crippen molar-refractivity contribution in [2.24, 2.45) is 0 Å². The fraction of sp³-hybridized carbons (Fsp3) is 0.429. The van der Waals surface area contributed by atoms with Crippen molar-refractivity contribution in [3.63, 3.8) is 0 Å². The highest BCUT2D eigenvalue weighted by Gasteiger charge is 1.99. The van der Waals surface area contributed by atoms with Crippen molar-refractivity contribution in [3.05, 3.63) is 45.5 Å². The van der Waals surface area contributed by atoms with Crippen LogP contribution in [0.2, 0.25) is 10.3 Å². The molecule has 0 amide bonds. The lowest BCUT2D eigenvalue weighted by molar-refractivity contribution is 0.977. The van der Waals surface area contributed by atoms with Gasteiger partial charge in [-0.05, 0) is 26.7 Å². The van der Waals surface area contributed by atoms with E-state index in [0.29, 0.717) is 10.3 Å². The molecule has 4 nitrogen and oxygen atoms in total. The SMILES string of the molecule is CCc1cnc(C)c(Cl)n1.CCc1ncc(C)nc1Cl. The average molecular weight is 313 g/mol. The van der Waals surface area contributed by atoms with Gasteiger partial charge in [0.1, 0.15) is 0 Å². The summed E-state index contributed by atoms with van der Waals surface area (Å²) in [6.45, 7) is 7.74. The maximum absolute atomic E-state index is 5.76. The molecule has 2 aromatic rings. The minimum atomic E-state index is 0.513. The molecule has 2 aromatic heterocycles. The van der Waals surface area contributed by atoms with Gasteiger partial charge in [0, 0.05) is 12.4 Å². The maximum Gasteiger partial charge on any atom is 0.150 e. The second-order valence-electron chi connectivity index (χ2n) is 4.19. The van der Waals surface area contributed by atoms with E-state index < -0.39 is 0 Å². The molecule has 0 aliphatic rings. The quantitative estimate of drug-likeness (QED) is 0.841. The molecule has 0 atom stereocenters. The summed E-state index contributed by atoms with van der Waals surface area (Å²) < 4.78 is 0. The van der Waals surface area contributed by atoms with Crippen molar-refractivity contribution in [2.75, 3.05) is 0 Å². The summed E-state index contributed by atoms with van der Waals surface area (Å²) in [6, 6.07) is 0. The van der Waals surface area contributed by atoms with Crippen LogP contribution in [0.3, 0.4) is 0 Å². The molecule has 0 fully saturated rings. The van der Waals surface area contributed by atoms with Crippen LogP contribution < -0.4 is 0 Å². The first-order valence-electron chi connectivity index (χ1n) is 6.43. The van der Waals surface area contributed by atoms with Gasteiger partial charge in [0.15, 0.2) is 10.3 Å². The zero-order valence-corrected chi connectivity index (χ0v) is 13.6. The molecule has 0 saturated carbocycles. The average Bonchev–Trinajstić information content (AvgIpc) is 2.43. The molecule has 0 aliphatic carbocycles. The van der Waals surface area contributed by atoms with E-state index >= 15 is 0 Å². The van der Waals surface area contributed by atoms with E-state index in [-0.39, 0.29) is 0 Å². The van der Waals surface area contributed by atoms with Gasteiger partial charge in [-0.3, -0.25) is 9.97 Å². The standard InChI is InChI=1S/2C7H9ClN2/c1-3-6-4-9-5(2)7(8)10-6;1-3-6-7(8)10-5(2)4-9-6/h2*4H,3H2,1-2H3. The van der Waals surface area contributed by atoms with Gasteiger partial charge < -0.3 is 0 Å². The number of hydrogen-bond acceptors (Lipinski definition) is 4. The Morgan fingerprint density at radius 3 is 2.10 bits per heavy atom. The third-order valence-electron chi connectivity index (χ3n) is 2.56. The first-order valence-corrected chi connectivity index (χ1v) is 7.19. The molecular weight excluding hydrogens is 295 g/mol. The van der Waals surface area contributed by atoms with Gasteiger partial charge in [0.05, 0.1) is 22.8 Å². The van der Waals surface area contributed by atoms with Gasteiger partial charge >= 0.3 is 0 Å². The summed E-state index contributed by atoms with van der Waals surface area (Å²) in [4.78, 5) is 16.3. The van der Waals surface area contributed by atoms with Crippen LogP contribution in [-0.4, -0.2) is 19.9 Å².